The average Bonchev–Trinajstić information content (AvgIpc) is 2.41. The predicted octanol–water partition coefficient (Wildman–Crippen LogP) is 1.48. The summed E-state index contributed by atoms with van der Waals surface area (Å²) in [5, 5.41) is 0. The minimum absolute atomic E-state index is 0.202. The Balaban J connectivity index is 0.000000184. The van der Waals surface area contributed by atoms with E-state index in [4.69, 9.17) is 4.74 Å². The Bertz CT molecular complexity index is 346. The topological polar surface area (TPSA) is 32.8 Å². The number of amides is 1. The second-order valence-corrected chi connectivity index (χ2v) is 4.33. The van der Waals surface area contributed by atoms with Crippen molar-refractivity contribution in [1.82, 2.24) is 9.80 Å². The van der Waals surface area contributed by atoms with Gasteiger partial charge in [-0.15, -0.1) is 0 Å². The van der Waals surface area contributed by atoms with Crippen molar-refractivity contribution in [2.24, 2.45) is 0 Å². The van der Waals surface area contributed by atoms with Gasteiger partial charge >= 0.3 is 0 Å². The van der Waals surface area contributed by atoms with Crippen LogP contribution in [0.4, 0.5) is 0 Å². The van der Waals surface area contributed by atoms with Crippen LogP contribution in [0.5, 0.6) is 5.75 Å². The van der Waals surface area contributed by atoms with Crippen LogP contribution in [0.2, 0.25) is 0 Å². The van der Waals surface area contributed by atoms with Crippen molar-refractivity contribution >= 4 is 5.91 Å². The molecule has 0 N–H and O–H groups in total. The molecular formula is C14H22N2O2. The largest absolute Gasteiger partial charge is 0.497 e. The van der Waals surface area contributed by atoms with Crippen LogP contribution >= 0.6 is 0 Å². The molecule has 1 saturated heterocycles. The smallest absolute Gasteiger partial charge is 0.219 e. The first kappa shape index (κ1) is 14.5. The molecule has 0 spiro atoms. The summed E-state index contributed by atoms with van der Waals surface area (Å²) in [7, 11) is 3.74. The van der Waals surface area contributed by atoms with Crippen molar-refractivity contribution in [2.75, 3.05) is 40.3 Å². The van der Waals surface area contributed by atoms with Crippen LogP contribution in [0.1, 0.15) is 6.92 Å². The highest BCUT2D eigenvalue weighted by molar-refractivity contribution is 5.73. The molecule has 0 aromatic heterocycles. The first-order valence-electron chi connectivity index (χ1n) is 6.16. The number of hydrogen-bond donors (Lipinski definition) is 0. The summed E-state index contributed by atoms with van der Waals surface area (Å²) in [6.07, 6.45) is 0. The Morgan fingerprint density at radius 1 is 1.11 bits per heavy atom. The number of carbonyl (C=O) groups is 1. The third kappa shape index (κ3) is 5.19. The summed E-state index contributed by atoms with van der Waals surface area (Å²) >= 11 is 0. The van der Waals surface area contributed by atoms with Gasteiger partial charge in [-0.3, -0.25) is 4.79 Å². The van der Waals surface area contributed by atoms with Gasteiger partial charge in [0.15, 0.2) is 0 Å². The van der Waals surface area contributed by atoms with Gasteiger partial charge in [0.2, 0.25) is 5.91 Å². The molecule has 1 heterocycles. The molecule has 1 aliphatic heterocycles. The number of ether oxygens (including phenoxy) is 1. The average molecular weight is 250 g/mol. The van der Waals surface area contributed by atoms with E-state index in [1.807, 2.05) is 35.2 Å². The molecule has 1 aromatic rings. The summed E-state index contributed by atoms with van der Waals surface area (Å²) in [6, 6.07) is 9.68. The van der Waals surface area contributed by atoms with Gasteiger partial charge in [0.05, 0.1) is 7.11 Å². The molecule has 1 amide bonds. The van der Waals surface area contributed by atoms with E-state index in [1.54, 1.807) is 14.0 Å². The number of likely N-dealkylation sites (N-methyl/N-ethyl adjacent to an activating group) is 1. The highest BCUT2D eigenvalue weighted by atomic mass is 16.5. The van der Waals surface area contributed by atoms with Crippen LogP contribution in [0.25, 0.3) is 0 Å². The van der Waals surface area contributed by atoms with Crippen molar-refractivity contribution < 1.29 is 9.53 Å². The van der Waals surface area contributed by atoms with Gasteiger partial charge in [-0.25, -0.2) is 0 Å². The summed E-state index contributed by atoms with van der Waals surface area (Å²) in [4.78, 5) is 14.9. The van der Waals surface area contributed by atoms with Crippen molar-refractivity contribution in [3.05, 3.63) is 30.3 Å². The Labute approximate surface area is 109 Å². The lowest BCUT2D eigenvalue weighted by Crippen LogP contribution is -2.46. The number of benzene rings is 1. The zero-order valence-electron chi connectivity index (χ0n) is 11.4. The molecule has 0 bridgehead atoms. The normalized spacial score (nSPS) is 15.6. The van der Waals surface area contributed by atoms with E-state index >= 15 is 0 Å². The quantitative estimate of drug-likeness (QED) is 0.757. The number of piperazine rings is 1. The predicted molar refractivity (Wildman–Crippen MR) is 72.7 cm³/mol. The molecule has 0 aliphatic carbocycles. The second kappa shape index (κ2) is 7.71. The van der Waals surface area contributed by atoms with Gasteiger partial charge in [-0.05, 0) is 19.2 Å². The lowest BCUT2D eigenvalue weighted by Gasteiger charge is -2.31. The molecule has 0 radical (unpaired) electrons. The molecular weight excluding hydrogens is 228 g/mol. The number of carbonyl (C=O) groups excluding carboxylic acids is 1. The van der Waals surface area contributed by atoms with Crippen molar-refractivity contribution in [3.8, 4) is 5.75 Å². The molecule has 1 aliphatic rings. The Hall–Kier alpha value is -1.55. The zero-order chi connectivity index (χ0) is 13.4. The second-order valence-electron chi connectivity index (χ2n) is 4.33. The lowest BCUT2D eigenvalue weighted by molar-refractivity contribution is -0.130. The lowest BCUT2D eigenvalue weighted by atomic mass is 10.3. The number of hydrogen-bond acceptors (Lipinski definition) is 3. The van der Waals surface area contributed by atoms with Crippen LogP contribution < -0.4 is 4.74 Å². The van der Waals surface area contributed by atoms with Crippen molar-refractivity contribution in [3.63, 3.8) is 0 Å². The number of nitrogens with zero attached hydrogens (tertiary/aromatic N) is 2. The summed E-state index contributed by atoms with van der Waals surface area (Å²) in [5.41, 5.74) is 0. The minimum Gasteiger partial charge on any atom is -0.497 e. The van der Waals surface area contributed by atoms with E-state index in [1.165, 1.54) is 0 Å². The fraction of sp³-hybridized carbons (Fsp3) is 0.500. The Morgan fingerprint density at radius 2 is 1.67 bits per heavy atom. The third-order valence-corrected chi connectivity index (χ3v) is 2.93. The summed E-state index contributed by atoms with van der Waals surface area (Å²) < 4.78 is 4.91. The third-order valence-electron chi connectivity index (χ3n) is 2.93. The van der Waals surface area contributed by atoms with Gasteiger partial charge in [-0.2, -0.15) is 0 Å². The number of rotatable bonds is 1. The van der Waals surface area contributed by atoms with E-state index in [2.05, 4.69) is 11.9 Å². The molecule has 4 nitrogen and oxygen atoms in total. The van der Waals surface area contributed by atoms with Crippen LogP contribution in [0.15, 0.2) is 30.3 Å². The van der Waals surface area contributed by atoms with Gasteiger partial charge in [-0.1, -0.05) is 18.2 Å². The van der Waals surface area contributed by atoms with E-state index in [0.29, 0.717) is 0 Å². The van der Waals surface area contributed by atoms with E-state index in [-0.39, 0.29) is 5.91 Å². The summed E-state index contributed by atoms with van der Waals surface area (Å²) in [5.74, 6) is 1.11. The van der Waals surface area contributed by atoms with Gasteiger partial charge in [0, 0.05) is 33.1 Å². The zero-order valence-corrected chi connectivity index (χ0v) is 11.4. The molecule has 4 heteroatoms. The Kier molecular flexibility index (Phi) is 6.22. The van der Waals surface area contributed by atoms with Gasteiger partial charge in [0.1, 0.15) is 5.75 Å². The minimum atomic E-state index is 0.202. The number of methoxy groups -OCH3 is 1. The fourth-order valence-electron chi connectivity index (χ4n) is 1.68. The Morgan fingerprint density at radius 3 is 2.06 bits per heavy atom. The molecule has 1 aromatic carbocycles. The molecule has 0 saturated carbocycles. The van der Waals surface area contributed by atoms with E-state index in [9.17, 15) is 4.79 Å². The summed E-state index contributed by atoms with van der Waals surface area (Å²) in [6.45, 7) is 5.45. The van der Waals surface area contributed by atoms with Crippen molar-refractivity contribution in [1.29, 1.82) is 0 Å². The van der Waals surface area contributed by atoms with Gasteiger partial charge in [0.25, 0.3) is 0 Å². The van der Waals surface area contributed by atoms with Crippen LogP contribution in [0, 0.1) is 0 Å². The van der Waals surface area contributed by atoms with E-state index in [0.717, 1.165) is 31.9 Å². The molecule has 18 heavy (non-hydrogen) atoms. The SMILES string of the molecule is CC(=O)N1CCN(C)CC1.COc1ccccc1. The highest BCUT2D eigenvalue weighted by Gasteiger charge is 2.14. The monoisotopic (exact) mass is 250 g/mol. The van der Waals surface area contributed by atoms with Gasteiger partial charge < -0.3 is 14.5 Å². The molecule has 2 rings (SSSR count). The maximum atomic E-state index is 10.8. The first-order chi connectivity index (χ1) is 8.63. The molecule has 1 fully saturated rings. The standard InChI is InChI=1S/C7H14N2O.C7H8O/c1-7(10)9-5-3-8(2)4-6-9;1-8-7-5-3-2-4-6-7/h3-6H2,1-2H3;2-6H,1H3. The molecule has 100 valence electrons. The van der Waals surface area contributed by atoms with Crippen molar-refractivity contribution in [2.45, 2.75) is 6.92 Å². The fourth-order valence-corrected chi connectivity index (χ4v) is 1.68. The highest BCUT2D eigenvalue weighted by Crippen LogP contribution is 2.05. The maximum absolute atomic E-state index is 10.8. The van der Waals surface area contributed by atoms with Crippen LogP contribution in [-0.4, -0.2) is 56.0 Å². The number of para-hydroxylation sites is 1. The first-order valence-corrected chi connectivity index (χ1v) is 6.16. The molecule has 0 atom stereocenters. The maximum Gasteiger partial charge on any atom is 0.219 e. The van der Waals surface area contributed by atoms with Crippen LogP contribution in [0.3, 0.4) is 0 Å². The van der Waals surface area contributed by atoms with Crippen LogP contribution in [-0.2, 0) is 4.79 Å². The van der Waals surface area contributed by atoms with E-state index < -0.39 is 0 Å². The molecule has 0 unspecified atom stereocenters.